The largest absolute Gasteiger partial charge is 0.382 e. The summed E-state index contributed by atoms with van der Waals surface area (Å²) in [7, 11) is -3.73. The number of nitrogens with zero attached hydrogens (tertiary/aromatic N) is 1. The van der Waals surface area contributed by atoms with Crippen LogP contribution in [-0.2, 0) is 10.2 Å². The minimum atomic E-state index is -3.73. The highest BCUT2D eigenvalue weighted by Crippen LogP contribution is 2.20. The van der Waals surface area contributed by atoms with Crippen molar-refractivity contribution in [3.8, 4) is 0 Å². The monoisotopic (exact) mass is 312 g/mol. The predicted octanol–water partition coefficient (Wildman–Crippen LogP) is 1.59. The summed E-state index contributed by atoms with van der Waals surface area (Å²) in [5.74, 6) is 0. The fraction of sp³-hybridized carbons (Fsp3) is 0.571. The molecule has 4 N–H and O–H groups in total. The van der Waals surface area contributed by atoms with Crippen molar-refractivity contribution in [3.05, 3.63) is 24.3 Å². The molecular formula is C14H24N4O2S. The second kappa shape index (κ2) is 6.64. The smallest absolute Gasteiger partial charge is 0.296 e. The molecule has 0 radical (unpaired) electrons. The highest BCUT2D eigenvalue weighted by Gasteiger charge is 2.20. The molecule has 0 aliphatic carbocycles. The van der Waals surface area contributed by atoms with Crippen LogP contribution in [0.4, 0.5) is 11.4 Å². The van der Waals surface area contributed by atoms with Crippen molar-refractivity contribution < 1.29 is 8.42 Å². The molecule has 0 saturated carbocycles. The molecule has 1 aliphatic heterocycles. The van der Waals surface area contributed by atoms with Gasteiger partial charge in [0, 0.05) is 30.9 Å². The van der Waals surface area contributed by atoms with E-state index in [0.717, 1.165) is 31.6 Å². The van der Waals surface area contributed by atoms with Crippen LogP contribution in [-0.4, -0.2) is 38.5 Å². The summed E-state index contributed by atoms with van der Waals surface area (Å²) < 4.78 is 24.4. The second-order valence-corrected chi connectivity index (χ2v) is 7.07. The van der Waals surface area contributed by atoms with Crippen LogP contribution >= 0.6 is 0 Å². The maximum absolute atomic E-state index is 11.0. The highest BCUT2D eigenvalue weighted by molar-refractivity contribution is 7.90. The molecule has 0 atom stereocenters. The molecule has 1 aromatic carbocycles. The van der Waals surface area contributed by atoms with Gasteiger partial charge in [0.25, 0.3) is 10.2 Å². The summed E-state index contributed by atoms with van der Waals surface area (Å²) >= 11 is 0. The van der Waals surface area contributed by atoms with Gasteiger partial charge in [-0.3, -0.25) is 4.72 Å². The summed E-state index contributed by atoms with van der Waals surface area (Å²) in [6.07, 6.45) is 2.18. The van der Waals surface area contributed by atoms with E-state index in [2.05, 4.69) is 28.8 Å². The van der Waals surface area contributed by atoms with E-state index in [-0.39, 0.29) is 0 Å². The van der Waals surface area contributed by atoms with Crippen molar-refractivity contribution in [1.29, 1.82) is 0 Å². The number of nitrogens with one attached hydrogen (secondary N) is 2. The molecule has 1 fully saturated rings. The first-order chi connectivity index (χ1) is 9.83. The number of anilines is 2. The number of likely N-dealkylation sites (tertiary alicyclic amines) is 1. The third-order valence-corrected chi connectivity index (χ3v) is 4.27. The third kappa shape index (κ3) is 5.18. The molecule has 0 spiro atoms. The molecule has 6 nitrogen and oxygen atoms in total. The fourth-order valence-corrected chi connectivity index (χ4v) is 3.09. The normalized spacial score (nSPS) is 17.9. The number of piperidine rings is 1. The first-order valence-electron chi connectivity index (χ1n) is 7.25. The first kappa shape index (κ1) is 16.1. The lowest BCUT2D eigenvalue weighted by Gasteiger charge is -2.35. The van der Waals surface area contributed by atoms with E-state index in [1.54, 1.807) is 18.2 Å². The Hall–Kier alpha value is -1.31. The van der Waals surface area contributed by atoms with Gasteiger partial charge in [-0.2, -0.15) is 8.42 Å². The zero-order valence-electron chi connectivity index (χ0n) is 12.5. The number of hydrogen-bond acceptors (Lipinski definition) is 4. The molecule has 1 heterocycles. The van der Waals surface area contributed by atoms with Gasteiger partial charge in [-0.15, -0.1) is 0 Å². The lowest BCUT2D eigenvalue weighted by Crippen LogP contribution is -2.42. The summed E-state index contributed by atoms with van der Waals surface area (Å²) in [6.45, 7) is 6.61. The second-order valence-electron chi connectivity index (χ2n) is 5.78. The van der Waals surface area contributed by atoms with Gasteiger partial charge in [-0.05, 0) is 44.9 Å². The molecule has 0 bridgehead atoms. The van der Waals surface area contributed by atoms with Crippen LogP contribution in [0.1, 0.15) is 26.7 Å². The van der Waals surface area contributed by atoms with Gasteiger partial charge in [-0.25, -0.2) is 5.14 Å². The Balaban J connectivity index is 1.93. The molecule has 118 valence electrons. The number of benzene rings is 1. The molecule has 1 saturated heterocycles. The number of rotatable bonds is 5. The fourth-order valence-electron chi connectivity index (χ4n) is 2.63. The first-order valence-corrected chi connectivity index (χ1v) is 8.79. The van der Waals surface area contributed by atoms with E-state index >= 15 is 0 Å². The van der Waals surface area contributed by atoms with Crippen LogP contribution in [0.15, 0.2) is 24.3 Å². The van der Waals surface area contributed by atoms with Crippen molar-refractivity contribution in [2.45, 2.75) is 38.8 Å². The minimum absolute atomic E-state index is 0.421. The summed E-state index contributed by atoms with van der Waals surface area (Å²) in [5, 5.41) is 8.44. The summed E-state index contributed by atoms with van der Waals surface area (Å²) in [6, 6.07) is 8.19. The van der Waals surface area contributed by atoms with Gasteiger partial charge in [0.15, 0.2) is 0 Å². The lowest BCUT2D eigenvalue weighted by molar-refractivity contribution is 0.177. The molecule has 0 unspecified atom stereocenters. The number of hydrogen-bond donors (Lipinski definition) is 3. The molecule has 0 aromatic heterocycles. The van der Waals surface area contributed by atoms with E-state index in [4.69, 9.17) is 5.14 Å². The Labute approximate surface area is 126 Å². The molecule has 21 heavy (non-hydrogen) atoms. The SMILES string of the molecule is CC(C)N1CCC(Nc2cccc(NS(N)(=O)=O)c2)CC1. The van der Waals surface area contributed by atoms with Crippen LogP contribution in [0.25, 0.3) is 0 Å². The van der Waals surface area contributed by atoms with Gasteiger partial charge in [-0.1, -0.05) is 6.07 Å². The molecule has 7 heteroatoms. The van der Waals surface area contributed by atoms with Gasteiger partial charge < -0.3 is 10.2 Å². The van der Waals surface area contributed by atoms with Crippen molar-refractivity contribution in [2.75, 3.05) is 23.1 Å². The van der Waals surface area contributed by atoms with Gasteiger partial charge in [0.05, 0.1) is 5.69 Å². The van der Waals surface area contributed by atoms with E-state index in [0.29, 0.717) is 17.8 Å². The Morgan fingerprint density at radius 1 is 1.24 bits per heavy atom. The van der Waals surface area contributed by atoms with Crippen molar-refractivity contribution in [1.82, 2.24) is 4.90 Å². The predicted molar refractivity (Wildman–Crippen MR) is 86.5 cm³/mol. The van der Waals surface area contributed by atoms with Gasteiger partial charge >= 0.3 is 0 Å². The highest BCUT2D eigenvalue weighted by atomic mass is 32.2. The maximum Gasteiger partial charge on any atom is 0.296 e. The molecule has 1 aliphatic rings. The zero-order chi connectivity index (χ0) is 15.5. The molecule has 2 rings (SSSR count). The van der Waals surface area contributed by atoms with Gasteiger partial charge in [0.2, 0.25) is 0 Å². The zero-order valence-corrected chi connectivity index (χ0v) is 13.4. The van der Waals surface area contributed by atoms with E-state index in [9.17, 15) is 8.42 Å². The average molecular weight is 312 g/mol. The Morgan fingerprint density at radius 2 is 1.86 bits per heavy atom. The quantitative estimate of drug-likeness (QED) is 0.770. The molecule has 1 aromatic rings. The summed E-state index contributed by atoms with van der Waals surface area (Å²) in [5.41, 5.74) is 1.38. The topological polar surface area (TPSA) is 87.5 Å². The van der Waals surface area contributed by atoms with Crippen LogP contribution in [0, 0.1) is 0 Å². The average Bonchev–Trinajstić information content (AvgIpc) is 2.37. The Kier molecular flexibility index (Phi) is 5.08. The van der Waals surface area contributed by atoms with Crippen molar-refractivity contribution in [3.63, 3.8) is 0 Å². The molecule has 0 amide bonds. The van der Waals surface area contributed by atoms with Crippen LogP contribution in [0.2, 0.25) is 0 Å². The van der Waals surface area contributed by atoms with Crippen molar-refractivity contribution >= 4 is 21.6 Å². The van der Waals surface area contributed by atoms with Crippen LogP contribution in [0.3, 0.4) is 0 Å². The number of nitrogens with two attached hydrogens (primary N) is 1. The van der Waals surface area contributed by atoms with Crippen LogP contribution in [0.5, 0.6) is 0 Å². The molecular weight excluding hydrogens is 288 g/mol. The standard InChI is InChI=1S/C14H24N4O2S/c1-11(2)18-8-6-12(7-9-18)16-13-4-3-5-14(10-13)17-21(15,19)20/h3-5,10-12,16-17H,6-9H2,1-2H3,(H2,15,19,20). The lowest BCUT2D eigenvalue weighted by atomic mass is 10.0. The van der Waals surface area contributed by atoms with E-state index in [1.807, 2.05) is 6.07 Å². The third-order valence-electron chi connectivity index (χ3n) is 3.75. The maximum atomic E-state index is 11.0. The Bertz CT molecular complexity index is 566. The van der Waals surface area contributed by atoms with Gasteiger partial charge in [0.1, 0.15) is 0 Å². The van der Waals surface area contributed by atoms with Crippen molar-refractivity contribution in [2.24, 2.45) is 5.14 Å². The van der Waals surface area contributed by atoms with E-state index in [1.165, 1.54) is 0 Å². The minimum Gasteiger partial charge on any atom is -0.382 e. The van der Waals surface area contributed by atoms with Crippen LogP contribution < -0.4 is 15.2 Å². The summed E-state index contributed by atoms with van der Waals surface area (Å²) in [4.78, 5) is 2.47. The van der Waals surface area contributed by atoms with E-state index < -0.39 is 10.2 Å². The Morgan fingerprint density at radius 3 is 2.43 bits per heavy atom.